The zero-order valence-electron chi connectivity index (χ0n) is 14.9. The molecule has 24 heavy (non-hydrogen) atoms. The van der Waals surface area contributed by atoms with Crippen molar-refractivity contribution in [2.45, 2.75) is 31.1 Å². The van der Waals surface area contributed by atoms with Crippen molar-refractivity contribution in [2.24, 2.45) is 0 Å². The molecule has 0 spiro atoms. The number of methoxy groups -OCH3 is 1. The molecule has 0 atom stereocenters. The third-order valence-electron chi connectivity index (χ3n) is 4.39. The van der Waals surface area contributed by atoms with Gasteiger partial charge in [-0.15, -0.1) is 0 Å². The molecule has 1 aliphatic heterocycles. The van der Waals surface area contributed by atoms with E-state index in [1.54, 1.807) is 12.1 Å². The number of aliphatic hydroxyl groups excluding tert-OH is 1. The number of benzene rings is 1. The van der Waals surface area contributed by atoms with Crippen molar-refractivity contribution in [1.82, 2.24) is 9.21 Å². The van der Waals surface area contributed by atoms with Gasteiger partial charge in [-0.3, -0.25) is 4.90 Å². The molecule has 0 bridgehead atoms. The molecule has 0 unspecified atom stereocenters. The van der Waals surface area contributed by atoms with Crippen LogP contribution in [0.3, 0.4) is 0 Å². The molecular weight excluding hydrogens is 328 g/mol. The van der Waals surface area contributed by atoms with Gasteiger partial charge in [0.05, 0.1) is 13.7 Å². The topological polar surface area (TPSA) is 70.1 Å². The van der Waals surface area contributed by atoms with Crippen LogP contribution < -0.4 is 4.74 Å². The second kappa shape index (κ2) is 7.39. The lowest BCUT2D eigenvalue weighted by molar-refractivity contribution is 0.151. The van der Waals surface area contributed by atoms with Crippen LogP contribution in [0, 0.1) is 0 Å². The molecule has 1 N–H and O–H groups in total. The van der Waals surface area contributed by atoms with Crippen molar-refractivity contribution in [1.29, 1.82) is 0 Å². The van der Waals surface area contributed by atoms with E-state index < -0.39 is 10.0 Å². The lowest BCUT2D eigenvalue weighted by Crippen LogP contribution is -2.49. The smallest absolute Gasteiger partial charge is 0.246 e. The molecule has 0 aliphatic carbocycles. The SMILES string of the molecule is COc1ccc(C(C)(C)C)cc1S(=O)(=O)N1CCN(CCO)CC1. The quantitative estimate of drug-likeness (QED) is 0.861. The molecule has 1 fully saturated rings. The Morgan fingerprint density at radius 1 is 1.17 bits per heavy atom. The third kappa shape index (κ3) is 4.08. The molecule has 1 aliphatic rings. The molecule has 1 aromatic carbocycles. The summed E-state index contributed by atoms with van der Waals surface area (Å²) in [5, 5.41) is 9.01. The fourth-order valence-corrected chi connectivity index (χ4v) is 4.42. The number of nitrogens with zero attached hydrogens (tertiary/aromatic N) is 2. The first-order valence-corrected chi connectivity index (χ1v) is 9.66. The van der Waals surface area contributed by atoms with Crippen LogP contribution in [0.25, 0.3) is 0 Å². The normalized spacial score (nSPS) is 17.9. The van der Waals surface area contributed by atoms with Crippen molar-refractivity contribution in [3.63, 3.8) is 0 Å². The molecule has 0 amide bonds. The minimum Gasteiger partial charge on any atom is -0.495 e. The average molecular weight is 356 g/mol. The summed E-state index contributed by atoms with van der Waals surface area (Å²) in [7, 11) is -2.12. The number of piperazine rings is 1. The second-order valence-electron chi connectivity index (χ2n) is 7.08. The molecular formula is C17H28N2O4S. The largest absolute Gasteiger partial charge is 0.495 e. The van der Waals surface area contributed by atoms with Crippen LogP contribution in [0.2, 0.25) is 0 Å². The molecule has 1 heterocycles. The zero-order chi connectivity index (χ0) is 18.0. The molecule has 7 heteroatoms. The first-order valence-electron chi connectivity index (χ1n) is 8.22. The van der Waals surface area contributed by atoms with Gasteiger partial charge in [0.25, 0.3) is 0 Å². The molecule has 6 nitrogen and oxygen atoms in total. The van der Waals surface area contributed by atoms with Crippen molar-refractivity contribution >= 4 is 10.0 Å². The summed E-state index contributed by atoms with van der Waals surface area (Å²) in [5.74, 6) is 0.376. The van der Waals surface area contributed by atoms with Crippen LogP contribution in [0.4, 0.5) is 0 Å². The van der Waals surface area contributed by atoms with Gasteiger partial charge in [0.1, 0.15) is 10.6 Å². The predicted molar refractivity (Wildman–Crippen MR) is 94.0 cm³/mol. The molecule has 0 aromatic heterocycles. The van der Waals surface area contributed by atoms with E-state index in [1.807, 2.05) is 6.07 Å². The number of ether oxygens (including phenoxy) is 1. The van der Waals surface area contributed by atoms with Crippen molar-refractivity contribution < 1.29 is 18.3 Å². The van der Waals surface area contributed by atoms with Crippen molar-refractivity contribution in [2.75, 3.05) is 46.4 Å². The highest BCUT2D eigenvalue weighted by Crippen LogP contribution is 2.32. The number of rotatable bonds is 5. The molecule has 1 saturated heterocycles. The summed E-state index contributed by atoms with van der Waals surface area (Å²) in [6, 6.07) is 5.38. The van der Waals surface area contributed by atoms with Gasteiger partial charge in [-0.2, -0.15) is 4.31 Å². The van der Waals surface area contributed by atoms with Crippen LogP contribution in [-0.4, -0.2) is 69.2 Å². The Bertz CT molecular complexity index is 660. The fraction of sp³-hybridized carbons (Fsp3) is 0.647. The van der Waals surface area contributed by atoms with Crippen LogP contribution >= 0.6 is 0 Å². The van der Waals surface area contributed by atoms with E-state index >= 15 is 0 Å². The summed E-state index contributed by atoms with van der Waals surface area (Å²) in [6.45, 7) is 8.93. The first-order chi connectivity index (χ1) is 11.2. The van der Waals surface area contributed by atoms with E-state index in [0.29, 0.717) is 38.5 Å². The second-order valence-corrected chi connectivity index (χ2v) is 8.99. The van der Waals surface area contributed by atoms with Gasteiger partial charge in [-0.05, 0) is 23.1 Å². The number of β-amino-alcohol motifs (C(OH)–C–C–N with tert-alkyl or cyclic N) is 1. The highest BCUT2D eigenvalue weighted by Gasteiger charge is 2.31. The summed E-state index contributed by atoms with van der Waals surface area (Å²) >= 11 is 0. The van der Waals surface area contributed by atoms with E-state index in [-0.39, 0.29) is 16.9 Å². The van der Waals surface area contributed by atoms with E-state index in [2.05, 4.69) is 25.7 Å². The Balaban J connectivity index is 2.32. The Kier molecular flexibility index (Phi) is 5.91. The maximum atomic E-state index is 13.1. The van der Waals surface area contributed by atoms with E-state index in [0.717, 1.165) is 5.56 Å². The van der Waals surface area contributed by atoms with Gasteiger partial charge in [0.15, 0.2) is 0 Å². The highest BCUT2D eigenvalue weighted by molar-refractivity contribution is 7.89. The highest BCUT2D eigenvalue weighted by atomic mass is 32.2. The third-order valence-corrected chi connectivity index (χ3v) is 6.31. The molecule has 1 aromatic rings. The van der Waals surface area contributed by atoms with Gasteiger partial charge in [-0.1, -0.05) is 26.8 Å². The first kappa shape index (κ1) is 19.2. The van der Waals surface area contributed by atoms with Gasteiger partial charge in [-0.25, -0.2) is 8.42 Å². The predicted octanol–water partition coefficient (Wildman–Crippen LogP) is 1.29. The van der Waals surface area contributed by atoms with Gasteiger partial charge >= 0.3 is 0 Å². The van der Waals surface area contributed by atoms with Gasteiger partial charge in [0.2, 0.25) is 10.0 Å². The maximum Gasteiger partial charge on any atom is 0.246 e. The fourth-order valence-electron chi connectivity index (χ4n) is 2.82. The molecule has 0 radical (unpaired) electrons. The molecule has 2 rings (SSSR count). The number of sulfonamides is 1. The Labute approximate surface area is 145 Å². The number of hydrogen-bond acceptors (Lipinski definition) is 5. The van der Waals surface area contributed by atoms with Crippen molar-refractivity contribution in [3.05, 3.63) is 23.8 Å². The van der Waals surface area contributed by atoms with E-state index in [1.165, 1.54) is 11.4 Å². The number of aliphatic hydroxyl groups is 1. The minimum atomic E-state index is -3.61. The summed E-state index contributed by atoms with van der Waals surface area (Å²) in [6.07, 6.45) is 0. The van der Waals surface area contributed by atoms with E-state index in [9.17, 15) is 8.42 Å². The van der Waals surface area contributed by atoms with Crippen LogP contribution in [-0.2, 0) is 15.4 Å². The number of hydrogen-bond donors (Lipinski definition) is 1. The minimum absolute atomic E-state index is 0.0915. The average Bonchev–Trinajstić information content (AvgIpc) is 2.54. The summed E-state index contributed by atoms with van der Waals surface area (Å²) in [4.78, 5) is 2.29. The van der Waals surface area contributed by atoms with Crippen LogP contribution in [0.15, 0.2) is 23.1 Å². The Morgan fingerprint density at radius 3 is 2.29 bits per heavy atom. The Morgan fingerprint density at radius 2 is 1.79 bits per heavy atom. The summed E-state index contributed by atoms with van der Waals surface area (Å²) in [5.41, 5.74) is 0.817. The van der Waals surface area contributed by atoms with Crippen molar-refractivity contribution in [3.8, 4) is 5.75 Å². The summed E-state index contributed by atoms with van der Waals surface area (Å²) < 4.78 is 33.0. The molecule has 136 valence electrons. The zero-order valence-corrected chi connectivity index (χ0v) is 15.8. The molecule has 0 saturated carbocycles. The lowest BCUT2D eigenvalue weighted by Gasteiger charge is -2.34. The van der Waals surface area contributed by atoms with Gasteiger partial charge < -0.3 is 9.84 Å². The van der Waals surface area contributed by atoms with Crippen LogP contribution in [0.5, 0.6) is 5.75 Å². The van der Waals surface area contributed by atoms with Crippen LogP contribution in [0.1, 0.15) is 26.3 Å². The van der Waals surface area contributed by atoms with E-state index in [4.69, 9.17) is 9.84 Å². The lowest BCUT2D eigenvalue weighted by atomic mass is 9.87. The van der Waals surface area contributed by atoms with Gasteiger partial charge in [0, 0.05) is 32.7 Å². The Hall–Kier alpha value is -1.15. The maximum absolute atomic E-state index is 13.1. The monoisotopic (exact) mass is 356 g/mol. The standard InChI is InChI=1S/C17H28N2O4S/c1-17(2,3)14-5-6-15(23-4)16(13-14)24(21,22)19-9-7-18(8-10-19)11-12-20/h5-6,13,20H,7-12H2,1-4H3.